The molecule has 1 aliphatic heterocycles. The lowest BCUT2D eigenvalue weighted by molar-refractivity contribution is -0.385. The summed E-state index contributed by atoms with van der Waals surface area (Å²) in [5, 5.41) is 14.3. The Balaban J connectivity index is 1.94. The molecule has 0 aliphatic carbocycles. The molecule has 0 bridgehead atoms. The summed E-state index contributed by atoms with van der Waals surface area (Å²) < 4.78 is 5.39. The fourth-order valence-corrected chi connectivity index (χ4v) is 2.20. The fraction of sp³-hybridized carbons (Fsp3) is 0.538. The highest BCUT2D eigenvalue weighted by molar-refractivity contribution is 5.39. The monoisotopic (exact) mass is 250 g/mol. The summed E-state index contributed by atoms with van der Waals surface area (Å²) in [6.45, 7) is 2.14. The summed E-state index contributed by atoms with van der Waals surface area (Å²) in [7, 11) is 0. The summed E-state index contributed by atoms with van der Waals surface area (Å²) in [6.07, 6.45) is 3.09. The average Bonchev–Trinajstić information content (AvgIpc) is 2.65. The van der Waals surface area contributed by atoms with Crippen molar-refractivity contribution < 1.29 is 9.66 Å². The minimum Gasteiger partial charge on any atom is -0.381 e. The van der Waals surface area contributed by atoms with E-state index < -0.39 is 0 Å². The fourth-order valence-electron chi connectivity index (χ4n) is 2.20. The summed E-state index contributed by atoms with van der Waals surface area (Å²) >= 11 is 0. The molecule has 18 heavy (non-hydrogen) atoms. The van der Waals surface area contributed by atoms with E-state index in [4.69, 9.17) is 4.74 Å². The van der Waals surface area contributed by atoms with E-state index in [1.54, 1.807) is 18.2 Å². The molecule has 2 rings (SSSR count). The van der Waals surface area contributed by atoms with Crippen LogP contribution in [0.2, 0.25) is 0 Å². The maximum absolute atomic E-state index is 10.9. The summed E-state index contributed by atoms with van der Waals surface area (Å²) in [6, 6.07) is 7.28. The lowest BCUT2D eigenvalue weighted by atomic mass is 10.1. The van der Waals surface area contributed by atoms with E-state index in [0.717, 1.165) is 38.0 Å². The van der Waals surface area contributed by atoms with Crippen molar-refractivity contribution >= 4 is 5.69 Å². The molecule has 5 heteroatoms. The second-order valence-electron chi connectivity index (χ2n) is 4.51. The van der Waals surface area contributed by atoms with Crippen molar-refractivity contribution in [1.29, 1.82) is 0 Å². The van der Waals surface area contributed by atoms with E-state index in [9.17, 15) is 10.1 Å². The van der Waals surface area contributed by atoms with Crippen molar-refractivity contribution in [2.45, 2.75) is 31.8 Å². The highest BCUT2D eigenvalue weighted by Crippen LogP contribution is 2.18. The molecule has 1 saturated heterocycles. The van der Waals surface area contributed by atoms with Gasteiger partial charge >= 0.3 is 0 Å². The first kappa shape index (κ1) is 13.0. The van der Waals surface area contributed by atoms with Crippen molar-refractivity contribution in [3.63, 3.8) is 0 Å². The number of nitrogens with one attached hydrogen (secondary N) is 1. The number of nitrogens with zero attached hydrogens (tertiary/aromatic N) is 1. The number of hydrogen-bond acceptors (Lipinski definition) is 4. The van der Waals surface area contributed by atoms with Crippen molar-refractivity contribution in [3.05, 3.63) is 39.9 Å². The number of para-hydroxylation sites is 1. The second-order valence-corrected chi connectivity index (χ2v) is 4.51. The maximum atomic E-state index is 10.9. The van der Waals surface area contributed by atoms with Crippen LogP contribution in [0.1, 0.15) is 24.8 Å². The van der Waals surface area contributed by atoms with Crippen molar-refractivity contribution in [2.24, 2.45) is 0 Å². The Hall–Kier alpha value is -1.46. The maximum Gasteiger partial charge on any atom is 0.273 e. The molecule has 0 aromatic heterocycles. The van der Waals surface area contributed by atoms with E-state index in [1.807, 2.05) is 6.07 Å². The van der Waals surface area contributed by atoms with Gasteiger partial charge in [0.15, 0.2) is 0 Å². The van der Waals surface area contributed by atoms with Crippen LogP contribution in [0.3, 0.4) is 0 Å². The third-order valence-electron chi connectivity index (χ3n) is 3.22. The van der Waals surface area contributed by atoms with Gasteiger partial charge in [-0.15, -0.1) is 0 Å². The lowest BCUT2D eigenvalue weighted by Crippen LogP contribution is -2.29. The van der Waals surface area contributed by atoms with Gasteiger partial charge in [0.2, 0.25) is 0 Å². The van der Waals surface area contributed by atoms with Crippen LogP contribution < -0.4 is 5.32 Å². The highest BCUT2D eigenvalue weighted by atomic mass is 16.6. The first-order chi connectivity index (χ1) is 8.77. The number of hydrogen-bond donors (Lipinski definition) is 1. The highest BCUT2D eigenvalue weighted by Gasteiger charge is 2.15. The zero-order chi connectivity index (χ0) is 12.8. The molecule has 1 aromatic carbocycles. The van der Waals surface area contributed by atoms with E-state index in [-0.39, 0.29) is 10.6 Å². The van der Waals surface area contributed by atoms with Crippen LogP contribution >= 0.6 is 0 Å². The molecule has 1 N–H and O–H groups in total. The average molecular weight is 250 g/mol. The van der Waals surface area contributed by atoms with Crippen LogP contribution in [0.15, 0.2) is 24.3 Å². The normalized spacial score (nSPS) is 20.3. The summed E-state index contributed by atoms with van der Waals surface area (Å²) in [4.78, 5) is 10.6. The molecule has 0 saturated carbocycles. The van der Waals surface area contributed by atoms with Crippen LogP contribution in [0, 0.1) is 10.1 Å². The Kier molecular flexibility index (Phi) is 4.66. The van der Waals surface area contributed by atoms with E-state index in [2.05, 4.69) is 5.32 Å². The number of rotatable bonds is 4. The summed E-state index contributed by atoms with van der Waals surface area (Å²) in [5.74, 6) is 0. The molecule has 1 aliphatic rings. The van der Waals surface area contributed by atoms with Crippen molar-refractivity contribution in [3.8, 4) is 0 Å². The molecule has 1 aromatic rings. The minimum absolute atomic E-state index is 0.190. The van der Waals surface area contributed by atoms with E-state index in [0.29, 0.717) is 12.6 Å². The summed E-state index contributed by atoms with van der Waals surface area (Å²) in [5.41, 5.74) is 0.933. The van der Waals surface area contributed by atoms with Gasteiger partial charge in [0.25, 0.3) is 5.69 Å². The predicted octanol–water partition coefficient (Wildman–Crippen LogP) is 2.25. The zero-order valence-corrected chi connectivity index (χ0v) is 10.3. The molecule has 1 heterocycles. The number of nitro benzene ring substituents is 1. The first-order valence-corrected chi connectivity index (χ1v) is 6.31. The van der Waals surface area contributed by atoms with Crippen molar-refractivity contribution in [2.75, 3.05) is 13.2 Å². The third kappa shape index (κ3) is 3.51. The largest absolute Gasteiger partial charge is 0.381 e. The van der Waals surface area contributed by atoms with Crippen LogP contribution in [0.4, 0.5) is 5.69 Å². The smallest absolute Gasteiger partial charge is 0.273 e. The van der Waals surface area contributed by atoms with E-state index in [1.165, 1.54) is 0 Å². The molecular weight excluding hydrogens is 232 g/mol. The number of benzene rings is 1. The van der Waals surface area contributed by atoms with Gasteiger partial charge in [-0.3, -0.25) is 10.1 Å². The number of nitro groups is 1. The molecule has 1 fully saturated rings. The molecular formula is C13H18N2O3. The molecule has 5 nitrogen and oxygen atoms in total. The van der Waals surface area contributed by atoms with Gasteiger partial charge in [-0.05, 0) is 19.3 Å². The molecule has 0 amide bonds. The minimum atomic E-state index is -0.326. The van der Waals surface area contributed by atoms with Gasteiger partial charge < -0.3 is 10.1 Å². The lowest BCUT2D eigenvalue weighted by Gasteiger charge is -2.15. The van der Waals surface area contributed by atoms with Crippen LogP contribution in [0.25, 0.3) is 0 Å². The third-order valence-corrected chi connectivity index (χ3v) is 3.22. The van der Waals surface area contributed by atoms with Crippen LogP contribution in [-0.4, -0.2) is 24.2 Å². The SMILES string of the molecule is O=[N+]([O-])c1ccccc1CNC1CCCOCC1. The van der Waals surface area contributed by atoms with Crippen molar-refractivity contribution in [1.82, 2.24) is 5.32 Å². The predicted molar refractivity (Wildman–Crippen MR) is 68.4 cm³/mol. The quantitative estimate of drug-likeness (QED) is 0.657. The Morgan fingerprint density at radius 1 is 1.33 bits per heavy atom. The first-order valence-electron chi connectivity index (χ1n) is 6.31. The van der Waals surface area contributed by atoms with Crippen LogP contribution in [-0.2, 0) is 11.3 Å². The molecule has 0 radical (unpaired) electrons. The molecule has 1 unspecified atom stereocenters. The van der Waals surface area contributed by atoms with Gasteiger partial charge in [-0.25, -0.2) is 0 Å². The molecule has 0 spiro atoms. The Bertz CT molecular complexity index is 401. The van der Waals surface area contributed by atoms with Gasteiger partial charge in [-0.1, -0.05) is 18.2 Å². The van der Waals surface area contributed by atoms with Crippen LogP contribution in [0.5, 0.6) is 0 Å². The Labute approximate surface area is 106 Å². The Morgan fingerprint density at radius 3 is 3.00 bits per heavy atom. The van der Waals surface area contributed by atoms with Gasteiger partial charge in [0.05, 0.1) is 4.92 Å². The Morgan fingerprint density at radius 2 is 2.17 bits per heavy atom. The van der Waals surface area contributed by atoms with Gasteiger partial charge in [0.1, 0.15) is 0 Å². The van der Waals surface area contributed by atoms with Gasteiger partial charge in [0, 0.05) is 37.4 Å². The number of ether oxygens (including phenoxy) is 1. The van der Waals surface area contributed by atoms with Gasteiger partial charge in [-0.2, -0.15) is 0 Å². The second kappa shape index (κ2) is 6.47. The molecule has 98 valence electrons. The van der Waals surface area contributed by atoms with E-state index >= 15 is 0 Å². The standard InChI is InChI=1S/C13H18N2O3/c16-15(17)13-6-2-1-4-11(13)10-14-12-5-3-8-18-9-7-12/h1-2,4,6,12,14H,3,5,7-10H2. The topological polar surface area (TPSA) is 64.4 Å². The zero-order valence-electron chi connectivity index (χ0n) is 10.3. The molecule has 1 atom stereocenters.